The van der Waals surface area contributed by atoms with Crippen molar-refractivity contribution in [1.82, 2.24) is 9.78 Å². The minimum atomic E-state index is -0.356. The first-order valence-electron chi connectivity index (χ1n) is 11.0. The van der Waals surface area contributed by atoms with Crippen molar-refractivity contribution in [3.05, 3.63) is 105 Å². The largest absolute Gasteiger partial charge is 0.321 e. The van der Waals surface area contributed by atoms with Crippen molar-refractivity contribution >= 4 is 67.8 Å². The predicted molar refractivity (Wildman–Crippen MR) is 147 cm³/mol. The molecule has 5 rings (SSSR count). The number of halogens is 2. The minimum absolute atomic E-state index is 0.306. The van der Waals surface area contributed by atoms with Crippen LogP contribution >= 0.6 is 34.5 Å². The number of rotatable bonds is 5. The van der Waals surface area contributed by atoms with Crippen molar-refractivity contribution in [2.24, 2.45) is 0 Å². The highest BCUT2D eigenvalue weighted by Gasteiger charge is 2.19. The molecule has 5 aromatic rings. The van der Waals surface area contributed by atoms with Gasteiger partial charge in [-0.25, -0.2) is 4.68 Å². The number of carbonyl (C=O) groups is 2. The molecule has 36 heavy (non-hydrogen) atoms. The molecule has 6 nitrogen and oxygen atoms in total. The SMILES string of the molecule is Cc1nn(-c2ccccc2)c(C)c1NC(=O)c1cccc(NC(=O)c2sc3cc(Cl)ccc3c2Cl)c1. The normalized spacial score (nSPS) is 11.0. The van der Waals surface area contributed by atoms with Crippen LogP contribution in [0.15, 0.2) is 72.8 Å². The van der Waals surface area contributed by atoms with E-state index >= 15 is 0 Å². The van der Waals surface area contributed by atoms with Crippen LogP contribution in [0.1, 0.15) is 31.4 Å². The molecule has 2 aromatic heterocycles. The average molecular weight is 535 g/mol. The van der Waals surface area contributed by atoms with E-state index in [1.165, 1.54) is 11.3 Å². The molecule has 180 valence electrons. The molecule has 2 amide bonds. The van der Waals surface area contributed by atoms with Gasteiger partial charge >= 0.3 is 0 Å². The van der Waals surface area contributed by atoms with E-state index in [1.807, 2.05) is 44.2 Å². The fourth-order valence-corrected chi connectivity index (χ4v) is 5.63. The van der Waals surface area contributed by atoms with Crippen LogP contribution in [0.4, 0.5) is 11.4 Å². The second-order valence-corrected chi connectivity index (χ2v) is 10.0. The van der Waals surface area contributed by atoms with E-state index in [4.69, 9.17) is 23.2 Å². The third-order valence-electron chi connectivity index (χ3n) is 5.71. The fraction of sp³-hybridized carbons (Fsp3) is 0.0741. The lowest BCUT2D eigenvalue weighted by atomic mass is 10.1. The first kappa shape index (κ1) is 24.1. The van der Waals surface area contributed by atoms with Gasteiger partial charge in [0.15, 0.2) is 0 Å². The number of aryl methyl sites for hydroxylation is 1. The van der Waals surface area contributed by atoms with Crippen molar-refractivity contribution in [2.75, 3.05) is 10.6 Å². The maximum Gasteiger partial charge on any atom is 0.267 e. The third kappa shape index (κ3) is 4.60. The molecule has 0 aliphatic rings. The maximum atomic E-state index is 13.1. The summed E-state index contributed by atoms with van der Waals surface area (Å²) in [5.41, 5.74) is 3.95. The number of carbonyl (C=O) groups excluding carboxylic acids is 2. The Hall–Kier alpha value is -3.65. The number of aromatic nitrogens is 2. The van der Waals surface area contributed by atoms with E-state index in [1.54, 1.807) is 47.1 Å². The van der Waals surface area contributed by atoms with E-state index in [0.29, 0.717) is 37.6 Å². The molecule has 0 atom stereocenters. The molecule has 0 aliphatic carbocycles. The number of nitrogens with one attached hydrogen (secondary N) is 2. The summed E-state index contributed by atoms with van der Waals surface area (Å²) in [6.45, 7) is 3.75. The zero-order valence-electron chi connectivity index (χ0n) is 19.3. The average Bonchev–Trinajstić information content (AvgIpc) is 3.35. The molecule has 0 radical (unpaired) electrons. The monoisotopic (exact) mass is 534 g/mol. The molecule has 0 aliphatic heterocycles. The predicted octanol–water partition coefficient (Wildman–Crippen LogP) is 7.52. The van der Waals surface area contributed by atoms with Crippen LogP contribution in [0, 0.1) is 13.8 Å². The third-order valence-corrected chi connectivity index (χ3v) is 7.60. The van der Waals surface area contributed by atoms with Gasteiger partial charge in [0.2, 0.25) is 0 Å². The molecule has 0 fully saturated rings. The van der Waals surface area contributed by atoms with E-state index < -0.39 is 0 Å². The van der Waals surface area contributed by atoms with Crippen LogP contribution in [0.25, 0.3) is 15.8 Å². The lowest BCUT2D eigenvalue weighted by Crippen LogP contribution is -2.15. The Morgan fingerprint density at radius 2 is 1.67 bits per heavy atom. The number of hydrogen-bond donors (Lipinski definition) is 2. The molecular weight excluding hydrogens is 515 g/mol. The number of thiophene rings is 1. The van der Waals surface area contributed by atoms with Crippen molar-refractivity contribution in [2.45, 2.75) is 13.8 Å². The molecule has 0 spiro atoms. The maximum absolute atomic E-state index is 13.1. The Labute approximate surface area is 221 Å². The molecule has 0 saturated carbocycles. The Bertz CT molecular complexity index is 1630. The van der Waals surface area contributed by atoms with Crippen molar-refractivity contribution < 1.29 is 9.59 Å². The highest BCUT2D eigenvalue weighted by molar-refractivity contribution is 7.21. The summed E-state index contributed by atoms with van der Waals surface area (Å²) in [5.74, 6) is -0.662. The van der Waals surface area contributed by atoms with Gasteiger partial charge in [-0.15, -0.1) is 11.3 Å². The molecule has 0 saturated heterocycles. The number of amides is 2. The lowest BCUT2D eigenvalue weighted by Gasteiger charge is -2.09. The first-order chi connectivity index (χ1) is 17.3. The Balaban J connectivity index is 1.36. The van der Waals surface area contributed by atoms with Crippen LogP contribution < -0.4 is 10.6 Å². The lowest BCUT2D eigenvalue weighted by molar-refractivity contribution is 0.101. The van der Waals surface area contributed by atoms with Gasteiger partial charge in [0.1, 0.15) is 4.88 Å². The Morgan fingerprint density at radius 3 is 2.44 bits per heavy atom. The molecule has 2 heterocycles. The van der Waals surface area contributed by atoms with Gasteiger partial charge in [0.25, 0.3) is 11.8 Å². The number of fused-ring (bicyclic) bond motifs is 1. The van der Waals surface area contributed by atoms with E-state index in [9.17, 15) is 9.59 Å². The highest BCUT2D eigenvalue weighted by atomic mass is 35.5. The first-order valence-corrected chi connectivity index (χ1v) is 12.6. The van der Waals surface area contributed by atoms with E-state index in [2.05, 4.69) is 15.7 Å². The molecule has 0 bridgehead atoms. The molecular formula is C27H20Cl2N4O2S. The number of benzene rings is 3. The summed E-state index contributed by atoms with van der Waals surface area (Å²) in [7, 11) is 0. The summed E-state index contributed by atoms with van der Waals surface area (Å²) >= 11 is 13.8. The standard InChI is InChI=1S/C27H20Cl2N4O2S/c1-15-24(16(2)33(32-15)20-9-4-3-5-10-20)31-26(34)17-7-6-8-19(13-17)30-27(35)25-23(29)21-12-11-18(28)14-22(21)36-25/h3-14H,1-2H3,(H,30,35)(H,31,34). The topological polar surface area (TPSA) is 76.0 Å². The van der Waals surface area contributed by atoms with Crippen molar-refractivity contribution in [3.63, 3.8) is 0 Å². The summed E-state index contributed by atoms with van der Waals surface area (Å²) in [4.78, 5) is 26.4. The van der Waals surface area contributed by atoms with E-state index in [0.717, 1.165) is 21.5 Å². The van der Waals surface area contributed by atoms with Gasteiger partial charge in [-0.1, -0.05) is 53.5 Å². The zero-order valence-corrected chi connectivity index (χ0v) is 21.6. The molecule has 3 aromatic carbocycles. The summed E-state index contributed by atoms with van der Waals surface area (Å²) < 4.78 is 2.62. The fourth-order valence-electron chi connectivity index (χ4n) is 3.94. The number of nitrogens with zero attached hydrogens (tertiary/aromatic N) is 2. The Morgan fingerprint density at radius 1 is 0.889 bits per heavy atom. The minimum Gasteiger partial charge on any atom is -0.321 e. The number of para-hydroxylation sites is 1. The Kier molecular flexibility index (Phi) is 6.53. The summed E-state index contributed by atoms with van der Waals surface area (Å²) in [6, 6.07) is 21.8. The van der Waals surface area contributed by atoms with Crippen LogP contribution in [0.5, 0.6) is 0 Å². The number of hydrogen-bond acceptors (Lipinski definition) is 4. The van der Waals surface area contributed by atoms with E-state index in [-0.39, 0.29) is 11.8 Å². The summed E-state index contributed by atoms with van der Waals surface area (Å²) in [5, 5.41) is 12.1. The van der Waals surface area contributed by atoms with Gasteiger partial charge in [0.05, 0.1) is 27.8 Å². The van der Waals surface area contributed by atoms with Crippen molar-refractivity contribution in [3.8, 4) is 5.69 Å². The highest BCUT2D eigenvalue weighted by Crippen LogP contribution is 2.37. The zero-order chi connectivity index (χ0) is 25.4. The number of anilines is 2. The van der Waals surface area contributed by atoms with Gasteiger partial charge in [-0.3, -0.25) is 9.59 Å². The molecule has 9 heteroatoms. The molecule has 0 unspecified atom stereocenters. The molecule has 2 N–H and O–H groups in total. The van der Waals surface area contributed by atoms with Gasteiger partial charge < -0.3 is 10.6 Å². The second kappa shape index (κ2) is 9.78. The van der Waals surface area contributed by atoms with Gasteiger partial charge in [0, 0.05) is 26.4 Å². The smallest absolute Gasteiger partial charge is 0.267 e. The van der Waals surface area contributed by atoms with Crippen LogP contribution in [-0.4, -0.2) is 21.6 Å². The van der Waals surface area contributed by atoms with Crippen LogP contribution in [0.2, 0.25) is 10.0 Å². The van der Waals surface area contributed by atoms with Crippen LogP contribution in [0.3, 0.4) is 0 Å². The van der Waals surface area contributed by atoms with Crippen molar-refractivity contribution in [1.29, 1.82) is 0 Å². The van der Waals surface area contributed by atoms with Gasteiger partial charge in [-0.2, -0.15) is 5.10 Å². The van der Waals surface area contributed by atoms with Gasteiger partial charge in [-0.05, 0) is 56.3 Å². The quantitative estimate of drug-likeness (QED) is 0.245. The van der Waals surface area contributed by atoms with Crippen LogP contribution in [-0.2, 0) is 0 Å². The second-order valence-electron chi connectivity index (χ2n) is 8.17. The summed E-state index contributed by atoms with van der Waals surface area (Å²) in [6.07, 6.45) is 0.